The summed E-state index contributed by atoms with van der Waals surface area (Å²) in [6, 6.07) is 21.5. The Labute approximate surface area is 144 Å². The minimum atomic E-state index is 0.205. The standard InChI is InChI=1S/C21H26N2O/c1-15(2)20-18(22-24)14-19(16-10-6-4-7-11-16)23(3)21(20)17-12-8-5-9-13-17/h4-13,15,19-21,24H,14H2,1-3H3/b22-18-/t19-,20+,21-/m1/s1. The summed E-state index contributed by atoms with van der Waals surface area (Å²) in [7, 11) is 2.19. The van der Waals surface area contributed by atoms with E-state index in [0.29, 0.717) is 5.92 Å². The highest BCUT2D eigenvalue weighted by Gasteiger charge is 2.42. The highest BCUT2D eigenvalue weighted by molar-refractivity contribution is 5.89. The molecule has 0 unspecified atom stereocenters. The van der Waals surface area contributed by atoms with Crippen molar-refractivity contribution in [3.63, 3.8) is 0 Å². The second-order valence-electron chi connectivity index (χ2n) is 7.01. The van der Waals surface area contributed by atoms with Crippen LogP contribution in [0.5, 0.6) is 0 Å². The van der Waals surface area contributed by atoms with Gasteiger partial charge in [-0.3, -0.25) is 4.90 Å². The first-order valence-electron chi connectivity index (χ1n) is 8.66. The third-order valence-corrected chi connectivity index (χ3v) is 5.23. The third-order valence-electron chi connectivity index (χ3n) is 5.23. The Hall–Kier alpha value is -2.13. The number of rotatable bonds is 3. The Bertz CT molecular complexity index is 681. The number of benzene rings is 2. The number of hydrogen-bond acceptors (Lipinski definition) is 3. The molecule has 0 bridgehead atoms. The van der Waals surface area contributed by atoms with Crippen LogP contribution in [0.3, 0.4) is 0 Å². The predicted molar refractivity (Wildman–Crippen MR) is 98.3 cm³/mol. The van der Waals surface area contributed by atoms with Gasteiger partial charge in [-0.15, -0.1) is 0 Å². The minimum absolute atomic E-state index is 0.205. The van der Waals surface area contributed by atoms with E-state index in [1.807, 2.05) is 12.1 Å². The number of likely N-dealkylation sites (tertiary alicyclic amines) is 1. The lowest BCUT2D eigenvalue weighted by Gasteiger charge is -2.46. The first-order chi connectivity index (χ1) is 11.6. The number of hydrogen-bond donors (Lipinski definition) is 1. The summed E-state index contributed by atoms with van der Waals surface area (Å²) in [5.74, 6) is 0.614. The predicted octanol–water partition coefficient (Wildman–Crippen LogP) is 4.91. The van der Waals surface area contributed by atoms with Gasteiger partial charge in [0.15, 0.2) is 0 Å². The Morgan fingerprint density at radius 2 is 1.50 bits per heavy atom. The van der Waals surface area contributed by atoms with Crippen LogP contribution in [0.1, 0.15) is 43.5 Å². The molecule has 0 aromatic heterocycles. The van der Waals surface area contributed by atoms with Crippen molar-refractivity contribution in [1.82, 2.24) is 4.90 Å². The fourth-order valence-electron chi connectivity index (χ4n) is 4.09. The maximum absolute atomic E-state index is 9.70. The van der Waals surface area contributed by atoms with Crippen LogP contribution >= 0.6 is 0 Å². The molecule has 3 atom stereocenters. The van der Waals surface area contributed by atoms with E-state index in [-0.39, 0.29) is 18.0 Å². The Morgan fingerprint density at radius 1 is 0.958 bits per heavy atom. The van der Waals surface area contributed by atoms with Gasteiger partial charge in [0, 0.05) is 24.4 Å². The Morgan fingerprint density at radius 3 is 2.00 bits per heavy atom. The molecule has 3 heteroatoms. The van der Waals surface area contributed by atoms with Gasteiger partial charge in [0.2, 0.25) is 0 Å². The van der Waals surface area contributed by atoms with E-state index >= 15 is 0 Å². The van der Waals surface area contributed by atoms with Gasteiger partial charge in [-0.25, -0.2) is 0 Å². The highest BCUT2D eigenvalue weighted by atomic mass is 16.4. The summed E-state index contributed by atoms with van der Waals surface area (Å²) in [6.07, 6.45) is 0.767. The summed E-state index contributed by atoms with van der Waals surface area (Å²) >= 11 is 0. The topological polar surface area (TPSA) is 35.8 Å². The zero-order chi connectivity index (χ0) is 17.1. The van der Waals surface area contributed by atoms with Crippen LogP contribution in [-0.4, -0.2) is 22.9 Å². The van der Waals surface area contributed by atoms with Crippen molar-refractivity contribution in [2.24, 2.45) is 17.0 Å². The number of oxime groups is 1. The first-order valence-corrected chi connectivity index (χ1v) is 8.66. The van der Waals surface area contributed by atoms with Crippen LogP contribution in [-0.2, 0) is 0 Å². The van der Waals surface area contributed by atoms with E-state index in [1.54, 1.807) is 0 Å². The van der Waals surface area contributed by atoms with Gasteiger partial charge in [0.25, 0.3) is 0 Å². The van der Waals surface area contributed by atoms with Gasteiger partial charge in [0.1, 0.15) is 0 Å². The lowest BCUT2D eigenvalue weighted by Crippen LogP contribution is -2.45. The van der Waals surface area contributed by atoms with Crippen molar-refractivity contribution < 1.29 is 5.21 Å². The highest BCUT2D eigenvalue weighted by Crippen LogP contribution is 2.45. The zero-order valence-corrected chi connectivity index (χ0v) is 14.6. The fraction of sp³-hybridized carbons (Fsp3) is 0.381. The molecule has 2 aromatic rings. The quantitative estimate of drug-likeness (QED) is 0.644. The van der Waals surface area contributed by atoms with Crippen LogP contribution in [0.25, 0.3) is 0 Å². The Kier molecular flexibility index (Phi) is 5.00. The van der Waals surface area contributed by atoms with Crippen molar-refractivity contribution in [2.75, 3.05) is 7.05 Å². The SMILES string of the molecule is CC(C)[C@H]1/C(=N\O)C[C@H](c2ccccc2)N(C)[C@@H]1c1ccccc1. The third kappa shape index (κ3) is 3.09. The second-order valence-corrected chi connectivity index (χ2v) is 7.01. The van der Waals surface area contributed by atoms with Crippen LogP contribution in [0.4, 0.5) is 0 Å². The molecule has 0 saturated carbocycles. The second kappa shape index (κ2) is 7.18. The van der Waals surface area contributed by atoms with Crippen LogP contribution < -0.4 is 0 Å². The molecule has 1 fully saturated rings. The first kappa shape index (κ1) is 16.7. The molecule has 1 aliphatic rings. The molecule has 3 nitrogen and oxygen atoms in total. The molecule has 2 aromatic carbocycles. The normalized spacial score (nSPS) is 26.8. The van der Waals surface area contributed by atoms with Crippen molar-refractivity contribution in [2.45, 2.75) is 32.4 Å². The molecule has 0 aliphatic carbocycles. The zero-order valence-electron chi connectivity index (χ0n) is 14.6. The molecule has 1 saturated heterocycles. The van der Waals surface area contributed by atoms with Gasteiger partial charge >= 0.3 is 0 Å². The monoisotopic (exact) mass is 322 g/mol. The molecule has 1 heterocycles. The van der Waals surface area contributed by atoms with E-state index in [1.165, 1.54) is 11.1 Å². The van der Waals surface area contributed by atoms with Crippen LogP contribution in [0.2, 0.25) is 0 Å². The van der Waals surface area contributed by atoms with E-state index in [4.69, 9.17) is 0 Å². The van der Waals surface area contributed by atoms with Crippen molar-refractivity contribution in [3.05, 3.63) is 71.8 Å². The van der Waals surface area contributed by atoms with Gasteiger partial charge < -0.3 is 5.21 Å². The Balaban J connectivity index is 2.06. The average Bonchev–Trinajstić information content (AvgIpc) is 2.62. The summed E-state index contributed by atoms with van der Waals surface area (Å²) in [6.45, 7) is 4.42. The van der Waals surface area contributed by atoms with Gasteiger partial charge in [-0.1, -0.05) is 79.7 Å². The molecular weight excluding hydrogens is 296 g/mol. The molecule has 0 spiro atoms. The summed E-state index contributed by atoms with van der Waals surface area (Å²) < 4.78 is 0. The summed E-state index contributed by atoms with van der Waals surface area (Å²) in [4.78, 5) is 2.45. The van der Waals surface area contributed by atoms with Crippen LogP contribution in [0, 0.1) is 11.8 Å². The molecule has 3 rings (SSSR count). The number of piperidine rings is 1. The smallest absolute Gasteiger partial charge is 0.0642 e. The largest absolute Gasteiger partial charge is 0.411 e. The minimum Gasteiger partial charge on any atom is -0.411 e. The summed E-state index contributed by atoms with van der Waals surface area (Å²) in [5.41, 5.74) is 3.45. The van der Waals surface area contributed by atoms with Crippen molar-refractivity contribution in [3.8, 4) is 0 Å². The van der Waals surface area contributed by atoms with Gasteiger partial charge in [-0.2, -0.15) is 0 Å². The van der Waals surface area contributed by atoms with Crippen LogP contribution in [0.15, 0.2) is 65.8 Å². The molecule has 24 heavy (non-hydrogen) atoms. The molecule has 1 N–H and O–H groups in total. The maximum atomic E-state index is 9.70. The van der Waals surface area contributed by atoms with Crippen molar-refractivity contribution in [1.29, 1.82) is 0 Å². The maximum Gasteiger partial charge on any atom is 0.0642 e. The molecule has 126 valence electrons. The lowest BCUT2D eigenvalue weighted by atomic mass is 9.74. The molecule has 0 radical (unpaired) electrons. The van der Waals surface area contributed by atoms with Gasteiger partial charge in [-0.05, 0) is 24.1 Å². The van der Waals surface area contributed by atoms with Crippen molar-refractivity contribution >= 4 is 5.71 Å². The van der Waals surface area contributed by atoms with Gasteiger partial charge in [0.05, 0.1) is 5.71 Å². The van der Waals surface area contributed by atoms with E-state index in [9.17, 15) is 5.21 Å². The molecule has 0 amide bonds. The average molecular weight is 322 g/mol. The fourth-order valence-corrected chi connectivity index (χ4v) is 4.09. The number of nitrogens with zero attached hydrogens (tertiary/aromatic N) is 2. The van der Waals surface area contributed by atoms with E-state index in [2.05, 4.69) is 79.5 Å². The summed E-state index contributed by atoms with van der Waals surface area (Å²) in [5, 5.41) is 13.4. The lowest BCUT2D eigenvalue weighted by molar-refractivity contribution is 0.103. The van der Waals surface area contributed by atoms with E-state index in [0.717, 1.165) is 12.1 Å². The van der Waals surface area contributed by atoms with E-state index < -0.39 is 0 Å². The molecule has 1 aliphatic heterocycles. The molecular formula is C21H26N2O.